The van der Waals surface area contributed by atoms with Crippen LogP contribution in [0.5, 0.6) is 0 Å². The maximum Gasteiger partial charge on any atom is 0.253 e. The number of hydrogen-bond donors (Lipinski definition) is 1. The molecule has 0 radical (unpaired) electrons. The van der Waals surface area contributed by atoms with Crippen LogP contribution in [0.2, 0.25) is 0 Å². The number of allylic oxidation sites excluding steroid dienone is 1. The molecular formula is C20H28N2O2S. The lowest BCUT2D eigenvalue weighted by molar-refractivity contribution is 0.0655. The van der Waals surface area contributed by atoms with Gasteiger partial charge in [0, 0.05) is 36.2 Å². The Kier molecular flexibility index (Phi) is 5.74. The summed E-state index contributed by atoms with van der Waals surface area (Å²) in [6.45, 7) is 6.23. The van der Waals surface area contributed by atoms with E-state index < -0.39 is 0 Å². The fraction of sp³-hybridized carbons (Fsp3) is 0.550. The number of ether oxygens (including phenoxy) is 1. The van der Waals surface area contributed by atoms with E-state index in [1.165, 1.54) is 5.57 Å². The smallest absolute Gasteiger partial charge is 0.253 e. The van der Waals surface area contributed by atoms with Crippen molar-refractivity contribution in [2.24, 2.45) is 13.0 Å². The van der Waals surface area contributed by atoms with Gasteiger partial charge in [0.25, 0.3) is 5.56 Å². The van der Waals surface area contributed by atoms with Crippen LogP contribution in [0, 0.1) is 12.8 Å². The first-order chi connectivity index (χ1) is 12.0. The van der Waals surface area contributed by atoms with Gasteiger partial charge in [0.2, 0.25) is 0 Å². The summed E-state index contributed by atoms with van der Waals surface area (Å²) in [5, 5.41) is 0. The van der Waals surface area contributed by atoms with Gasteiger partial charge in [-0.05, 0) is 43.0 Å². The van der Waals surface area contributed by atoms with Crippen LogP contribution in [0.1, 0.15) is 44.2 Å². The molecule has 1 aromatic rings. The highest BCUT2D eigenvalue weighted by Gasteiger charge is 2.38. The molecule has 1 fully saturated rings. The van der Waals surface area contributed by atoms with E-state index in [1.807, 2.05) is 26.2 Å². The Morgan fingerprint density at radius 1 is 1.40 bits per heavy atom. The van der Waals surface area contributed by atoms with Crippen LogP contribution in [0.15, 0.2) is 34.9 Å². The number of fused-ring (bicyclic) bond motifs is 1. The molecule has 3 rings (SSSR count). The van der Waals surface area contributed by atoms with Crippen LogP contribution in [-0.4, -0.2) is 22.5 Å². The normalized spacial score (nSPS) is 25.4. The summed E-state index contributed by atoms with van der Waals surface area (Å²) in [4.78, 5) is 12.1. The number of aryl methyl sites for hydroxylation is 2. The molecule has 0 saturated carbocycles. The van der Waals surface area contributed by atoms with Crippen molar-refractivity contribution in [3.8, 4) is 0 Å². The second-order valence-corrected chi connectivity index (χ2v) is 8.02. The molecule has 0 bridgehead atoms. The molecule has 5 heteroatoms. The third-order valence-corrected chi connectivity index (χ3v) is 5.58. The summed E-state index contributed by atoms with van der Waals surface area (Å²) in [6, 6.07) is 2.00. The summed E-state index contributed by atoms with van der Waals surface area (Å²) in [5.41, 5.74) is 4.25. The number of nitrogens with one attached hydrogen (secondary N) is 1. The van der Waals surface area contributed by atoms with E-state index in [0.29, 0.717) is 12.0 Å². The standard InChI is InChI=1S/C20H28N2O2S/c1-5-7-17-10-14-9-16(21-25-6-2)11-18(19(14)24-17)15-8-13(3)20(23)22(4)12-15/h8-9,11-12,14,17,19,21H,5-7,10H2,1-4H3. The summed E-state index contributed by atoms with van der Waals surface area (Å²) in [5.74, 6) is 1.41. The van der Waals surface area contributed by atoms with E-state index in [9.17, 15) is 4.79 Å². The van der Waals surface area contributed by atoms with Crippen LogP contribution in [0.25, 0.3) is 5.57 Å². The average Bonchev–Trinajstić information content (AvgIpc) is 2.99. The monoisotopic (exact) mass is 360 g/mol. The zero-order valence-corrected chi connectivity index (χ0v) is 16.4. The van der Waals surface area contributed by atoms with Crippen molar-refractivity contribution in [3.05, 3.63) is 51.6 Å². The Morgan fingerprint density at radius 2 is 2.20 bits per heavy atom. The summed E-state index contributed by atoms with van der Waals surface area (Å²) in [7, 11) is 1.82. The minimum atomic E-state index is 0.0586. The van der Waals surface area contributed by atoms with Crippen LogP contribution in [0.3, 0.4) is 0 Å². The highest BCUT2D eigenvalue weighted by molar-refractivity contribution is 7.97. The lowest BCUT2D eigenvalue weighted by Gasteiger charge is -2.26. The minimum absolute atomic E-state index is 0.0586. The van der Waals surface area contributed by atoms with Gasteiger partial charge in [0.05, 0.1) is 12.2 Å². The quantitative estimate of drug-likeness (QED) is 0.784. The first-order valence-corrected chi connectivity index (χ1v) is 10.2. The van der Waals surface area contributed by atoms with Gasteiger partial charge in [-0.3, -0.25) is 4.79 Å². The maximum atomic E-state index is 12.1. The lowest BCUT2D eigenvalue weighted by Crippen LogP contribution is -2.25. The molecule has 0 amide bonds. The van der Waals surface area contributed by atoms with Gasteiger partial charge < -0.3 is 14.0 Å². The molecule has 0 aromatic carbocycles. The van der Waals surface area contributed by atoms with Crippen molar-refractivity contribution in [1.29, 1.82) is 0 Å². The molecule has 1 N–H and O–H groups in total. The Morgan fingerprint density at radius 3 is 2.88 bits per heavy atom. The number of pyridine rings is 1. The van der Waals surface area contributed by atoms with Crippen LogP contribution in [0.4, 0.5) is 0 Å². The van der Waals surface area contributed by atoms with Gasteiger partial charge in [-0.2, -0.15) is 0 Å². The number of rotatable bonds is 6. The van der Waals surface area contributed by atoms with E-state index in [1.54, 1.807) is 16.5 Å². The van der Waals surface area contributed by atoms with E-state index >= 15 is 0 Å². The highest BCUT2D eigenvalue weighted by atomic mass is 32.2. The van der Waals surface area contributed by atoms with Crippen molar-refractivity contribution in [3.63, 3.8) is 0 Å². The van der Waals surface area contributed by atoms with Gasteiger partial charge in [-0.15, -0.1) is 0 Å². The number of aromatic nitrogens is 1. The maximum absolute atomic E-state index is 12.1. The Balaban J connectivity index is 1.97. The van der Waals surface area contributed by atoms with E-state index in [2.05, 4.69) is 30.7 Å². The Hall–Kier alpha value is -1.46. The van der Waals surface area contributed by atoms with Crippen molar-refractivity contribution in [2.45, 2.75) is 52.2 Å². The first-order valence-electron chi connectivity index (χ1n) is 9.17. The topological polar surface area (TPSA) is 43.3 Å². The molecule has 3 unspecified atom stereocenters. The molecular weight excluding hydrogens is 332 g/mol. The Labute approximate surface area is 154 Å². The molecule has 1 aliphatic carbocycles. The van der Waals surface area contributed by atoms with Gasteiger partial charge >= 0.3 is 0 Å². The zero-order valence-electron chi connectivity index (χ0n) is 15.5. The van der Waals surface area contributed by atoms with Crippen LogP contribution in [-0.2, 0) is 11.8 Å². The molecule has 3 atom stereocenters. The largest absolute Gasteiger partial charge is 0.370 e. The predicted molar refractivity (Wildman–Crippen MR) is 105 cm³/mol. The molecule has 2 aliphatic rings. The van der Waals surface area contributed by atoms with Gasteiger partial charge in [-0.1, -0.05) is 38.3 Å². The second kappa shape index (κ2) is 7.83. The van der Waals surface area contributed by atoms with Gasteiger partial charge in [0.15, 0.2) is 0 Å². The fourth-order valence-electron chi connectivity index (χ4n) is 3.79. The molecule has 25 heavy (non-hydrogen) atoms. The van der Waals surface area contributed by atoms with E-state index in [4.69, 9.17) is 4.74 Å². The summed E-state index contributed by atoms with van der Waals surface area (Å²) < 4.78 is 11.5. The lowest BCUT2D eigenvalue weighted by atomic mass is 9.85. The Bertz CT molecular complexity index is 724. The van der Waals surface area contributed by atoms with E-state index in [0.717, 1.165) is 41.8 Å². The van der Waals surface area contributed by atoms with Gasteiger partial charge in [0.1, 0.15) is 0 Å². The van der Waals surface area contributed by atoms with Crippen molar-refractivity contribution in [1.82, 2.24) is 9.29 Å². The summed E-state index contributed by atoms with van der Waals surface area (Å²) >= 11 is 1.71. The van der Waals surface area contributed by atoms with Crippen molar-refractivity contribution < 1.29 is 4.74 Å². The zero-order chi connectivity index (χ0) is 18.0. The SMILES string of the molecule is CCCC1CC2C=C(NSCC)C=C(c3cc(C)c(=O)n(C)c3)C2O1. The molecule has 4 nitrogen and oxygen atoms in total. The van der Waals surface area contributed by atoms with Crippen molar-refractivity contribution >= 4 is 17.5 Å². The third-order valence-electron chi connectivity index (χ3n) is 4.91. The molecule has 1 aliphatic heterocycles. The first kappa shape index (κ1) is 18.3. The molecule has 1 aromatic heterocycles. The van der Waals surface area contributed by atoms with Gasteiger partial charge in [-0.25, -0.2) is 0 Å². The second-order valence-electron chi connectivity index (χ2n) is 6.95. The summed E-state index contributed by atoms with van der Waals surface area (Å²) in [6.07, 6.45) is 10.2. The van der Waals surface area contributed by atoms with Crippen molar-refractivity contribution in [2.75, 3.05) is 5.75 Å². The predicted octanol–water partition coefficient (Wildman–Crippen LogP) is 3.81. The molecule has 2 heterocycles. The van der Waals surface area contributed by atoms with Crippen LogP contribution < -0.4 is 10.3 Å². The molecule has 0 spiro atoms. The molecule has 136 valence electrons. The number of nitrogens with zero attached hydrogens (tertiary/aromatic N) is 1. The van der Waals surface area contributed by atoms with Crippen LogP contribution >= 0.6 is 11.9 Å². The third kappa shape index (κ3) is 3.87. The van der Waals surface area contributed by atoms with E-state index in [-0.39, 0.29) is 11.7 Å². The number of hydrogen-bond acceptors (Lipinski definition) is 4. The molecule has 1 saturated heterocycles. The highest BCUT2D eigenvalue weighted by Crippen LogP contribution is 2.41. The minimum Gasteiger partial charge on any atom is -0.370 e. The average molecular weight is 361 g/mol. The fourth-order valence-corrected chi connectivity index (χ4v) is 4.23.